The van der Waals surface area contributed by atoms with Crippen LogP contribution in [0.15, 0.2) is 28.9 Å². The summed E-state index contributed by atoms with van der Waals surface area (Å²) in [5.74, 6) is 0.497. The molecule has 0 amide bonds. The van der Waals surface area contributed by atoms with Gasteiger partial charge in [-0.25, -0.2) is 0 Å². The molecule has 72 valence electrons. The molecular formula is C9H7ClN2O2. The van der Waals surface area contributed by atoms with Crippen molar-refractivity contribution in [3.8, 4) is 11.5 Å². The van der Waals surface area contributed by atoms with Crippen molar-refractivity contribution >= 4 is 11.6 Å². The van der Waals surface area contributed by atoms with Crippen LogP contribution >= 0.6 is 11.6 Å². The smallest absolute Gasteiger partial charge is 0.185 e. The first kappa shape index (κ1) is 9.18. The SMILES string of the molecule is OCc1cc(-c2cc(Cl)ccn2)on1. The first-order chi connectivity index (χ1) is 6.79. The lowest BCUT2D eigenvalue weighted by Gasteiger charge is -1.93. The van der Waals surface area contributed by atoms with E-state index >= 15 is 0 Å². The van der Waals surface area contributed by atoms with Gasteiger partial charge in [0.15, 0.2) is 5.76 Å². The Bertz CT molecular complexity index is 442. The van der Waals surface area contributed by atoms with E-state index in [2.05, 4.69) is 10.1 Å². The molecule has 0 spiro atoms. The van der Waals surface area contributed by atoms with Gasteiger partial charge in [-0.05, 0) is 12.1 Å². The monoisotopic (exact) mass is 210 g/mol. The highest BCUT2D eigenvalue weighted by Gasteiger charge is 2.07. The zero-order valence-electron chi connectivity index (χ0n) is 7.14. The molecule has 14 heavy (non-hydrogen) atoms. The number of nitrogens with zero attached hydrogens (tertiary/aromatic N) is 2. The highest BCUT2D eigenvalue weighted by molar-refractivity contribution is 6.30. The number of aliphatic hydroxyl groups excluding tert-OH is 1. The van der Waals surface area contributed by atoms with Crippen LogP contribution in [-0.2, 0) is 6.61 Å². The van der Waals surface area contributed by atoms with Crippen molar-refractivity contribution in [2.24, 2.45) is 0 Å². The Labute approximate surface area is 85.1 Å². The fraction of sp³-hybridized carbons (Fsp3) is 0.111. The fourth-order valence-corrected chi connectivity index (χ4v) is 1.21. The molecule has 2 rings (SSSR count). The number of hydrogen-bond acceptors (Lipinski definition) is 4. The normalized spacial score (nSPS) is 10.4. The van der Waals surface area contributed by atoms with Gasteiger partial charge in [0, 0.05) is 17.3 Å². The van der Waals surface area contributed by atoms with Crippen LogP contribution in [-0.4, -0.2) is 15.2 Å². The lowest BCUT2D eigenvalue weighted by atomic mass is 10.3. The molecule has 0 saturated carbocycles. The van der Waals surface area contributed by atoms with Crippen molar-refractivity contribution in [3.05, 3.63) is 35.1 Å². The average Bonchev–Trinajstić information content (AvgIpc) is 2.66. The molecule has 0 fully saturated rings. The van der Waals surface area contributed by atoms with Gasteiger partial charge < -0.3 is 9.63 Å². The second-order valence-electron chi connectivity index (χ2n) is 2.70. The third kappa shape index (κ3) is 1.76. The minimum atomic E-state index is -0.149. The van der Waals surface area contributed by atoms with E-state index in [9.17, 15) is 0 Å². The van der Waals surface area contributed by atoms with Gasteiger partial charge in [-0.3, -0.25) is 4.98 Å². The van der Waals surface area contributed by atoms with E-state index in [-0.39, 0.29) is 6.61 Å². The lowest BCUT2D eigenvalue weighted by Crippen LogP contribution is -1.80. The second-order valence-corrected chi connectivity index (χ2v) is 3.14. The molecule has 0 atom stereocenters. The van der Waals surface area contributed by atoms with Crippen LogP contribution in [0, 0.1) is 0 Å². The van der Waals surface area contributed by atoms with Crippen molar-refractivity contribution in [1.82, 2.24) is 10.1 Å². The number of pyridine rings is 1. The topological polar surface area (TPSA) is 59.2 Å². The van der Waals surface area contributed by atoms with E-state index in [1.165, 1.54) is 0 Å². The fourth-order valence-electron chi connectivity index (χ4n) is 1.05. The van der Waals surface area contributed by atoms with Gasteiger partial charge in [0.1, 0.15) is 11.4 Å². The van der Waals surface area contributed by atoms with E-state index in [1.807, 2.05) is 0 Å². The number of aliphatic hydroxyl groups is 1. The highest BCUT2D eigenvalue weighted by atomic mass is 35.5. The zero-order chi connectivity index (χ0) is 9.97. The predicted octanol–water partition coefficient (Wildman–Crippen LogP) is 1.88. The van der Waals surface area contributed by atoms with Gasteiger partial charge in [-0.1, -0.05) is 16.8 Å². The molecular weight excluding hydrogens is 204 g/mol. The summed E-state index contributed by atoms with van der Waals surface area (Å²) in [7, 11) is 0. The first-order valence-electron chi connectivity index (χ1n) is 3.98. The molecule has 0 saturated heterocycles. The Balaban J connectivity index is 2.39. The van der Waals surface area contributed by atoms with Crippen LogP contribution < -0.4 is 0 Å². The maximum atomic E-state index is 8.78. The maximum absolute atomic E-state index is 8.78. The maximum Gasteiger partial charge on any atom is 0.185 e. The molecule has 5 heteroatoms. The standard InChI is InChI=1S/C9H7ClN2O2/c10-6-1-2-11-8(3-6)9-4-7(5-13)12-14-9/h1-4,13H,5H2. The van der Waals surface area contributed by atoms with Crippen LogP contribution in [0.4, 0.5) is 0 Å². The summed E-state index contributed by atoms with van der Waals surface area (Å²) in [5.41, 5.74) is 1.08. The Hall–Kier alpha value is -1.39. The third-order valence-corrected chi connectivity index (χ3v) is 1.93. The highest BCUT2D eigenvalue weighted by Crippen LogP contribution is 2.20. The minimum absolute atomic E-state index is 0.149. The summed E-state index contributed by atoms with van der Waals surface area (Å²) in [6.45, 7) is -0.149. The largest absolute Gasteiger partial charge is 0.390 e. The van der Waals surface area contributed by atoms with Gasteiger partial charge >= 0.3 is 0 Å². The molecule has 1 N–H and O–H groups in total. The van der Waals surface area contributed by atoms with E-state index < -0.39 is 0 Å². The van der Waals surface area contributed by atoms with Crippen molar-refractivity contribution in [3.63, 3.8) is 0 Å². The average molecular weight is 211 g/mol. The molecule has 2 aromatic heterocycles. The summed E-state index contributed by atoms with van der Waals surface area (Å²) in [6, 6.07) is 4.97. The van der Waals surface area contributed by atoms with Crippen molar-refractivity contribution in [1.29, 1.82) is 0 Å². The van der Waals surface area contributed by atoms with Crippen LogP contribution in [0.1, 0.15) is 5.69 Å². The van der Waals surface area contributed by atoms with Crippen LogP contribution in [0.5, 0.6) is 0 Å². The Morgan fingerprint density at radius 2 is 2.29 bits per heavy atom. The predicted molar refractivity (Wildman–Crippen MR) is 50.7 cm³/mol. The number of rotatable bonds is 2. The van der Waals surface area contributed by atoms with Crippen molar-refractivity contribution in [2.75, 3.05) is 0 Å². The summed E-state index contributed by atoms with van der Waals surface area (Å²) in [6.07, 6.45) is 1.58. The summed E-state index contributed by atoms with van der Waals surface area (Å²) in [5, 5.41) is 13.0. The third-order valence-electron chi connectivity index (χ3n) is 1.70. The van der Waals surface area contributed by atoms with E-state index in [1.54, 1.807) is 24.4 Å². The van der Waals surface area contributed by atoms with E-state index in [0.717, 1.165) is 0 Å². The molecule has 0 radical (unpaired) electrons. The van der Waals surface area contributed by atoms with Gasteiger partial charge in [-0.15, -0.1) is 0 Å². The number of halogens is 1. The van der Waals surface area contributed by atoms with Gasteiger partial charge in [0.25, 0.3) is 0 Å². The van der Waals surface area contributed by atoms with Crippen molar-refractivity contribution < 1.29 is 9.63 Å². The van der Waals surface area contributed by atoms with Gasteiger partial charge in [0.05, 0.1) is 6.61 Å². The zero-order valence-corrected chi connectivity index (χ0v) is 7.90. The molecule has 0 unspecified atom stereocenters. The van der Waals surface area contributed by atoms with Gasteiger partial charge in [-0.2, -0.15) is 0 Å². The lowest BCUT2D eigenvalue weighted by molar-refractivity contribution is 0.267. The first-order valence-corrected chi connectivity index (χ1v) is 4.36. The molecule has 2 heterocycles. The van der Waals surface area contributed by atoms with E-state index in [0.29, 0.717) is 22.2 Å². The Kier molecular flexibility index (Phi) is 2.47. The number of hydrogen-bond donors (Lipinski definition) is 1. The quantitative estimate of drug-likeness (QED) is 0.822. The molecule has 2 aromatic rings. The molecule has 0 aromatic carbocycles. The van der Waals surface area contributed by atoms with Crippen LogP contribution in [0.2, 0.25) is 5.02 Å². The summed E-state index contributed by atoms with van der Waals surface area (Å²) < 4.78 is 4.97. The molecule has 0 bridgehead atoms. The summed E-state index contributed by atoms with van der Waals surface area (Å²) in [4.78, 5) is 4.06. The minimum Gasteiger partial charge on any atom is -0.390 e. The molecule has 0 aliphatic rings. The molecule has 4 nitrogen and oxygen atoms in total. The Morgan fingerprint density at radius 1 is 1.43 bits per heavy atom. The second kappa shape index (κ2) is 3.77. The number of aromatic nitrogens is 2. The van der Waals surface area contributed by atoms with Crippen molar-refractivity contribution in [2.45, 2.75) is 6.61 Å². The Morgan fingerprint density at radius 3 is 2.93 bits per heavy atom. The van der Waals surface area contributed by atoms with Crippen LogP contribution in [0.3, 0.4) is 0 Å². The molecule has 0 aliphatic carbocycles. The van der Waals surface area contributed by atoms with E-state index in [4.69, 9.17) is 21.2 Å². The summed E-state index contributed by atoms with van der Waals surface area (Å²) >= 11 is 5.78. The van der Waals surface area contributed by atoms with Gasteiger partial charge in [0.2, 0.25) is 0 Å². The molecule has 0 aliphatic heterocycles. The van der Waals surface area contributed by atoms with Crippen LogP contribution in [0.25, 0.3) is 11.5 Å².